The fourth-order valence-electron chi connectivity index (χ4n) is 3.66. The summed E-state index contributed by atoms with van der Waals surface area (Å²) in [5.41, 5.74) is 4.50. The van der Waals surface area contributed by atoms with E-state index in [1.54, 1.807) is 6.92 Å². The van der Waals surface area contributed by atoms with Crippen molar-refractivity contribution in [2.45, 2.75) is 12.8 Å². The zero-order chi connectivity index (χ0) is 22.9. The Morgan fingerprint density at radius 1 is 0.606 bits per heavy atom. The molecule has 0 saturated heterocycles. The molecule has 1 amide bonds. The molecule has 0 atom stereocenters. The minimum absolute atomic E-state index is 0.148. The third-order valence-electron chi connectivity index (χ3n) is 5.23. The number of carbonyl (C=O) groups excluding carboxylic acids is 1. The van der Waals surface area contributed by atoms with Crippen molar-refractivity contribution in [2.24, 2.45) is 10.2 Å². The molecule has 4 aromatic carbocycles. The van der Waals surface area contributed by atoms with Crippen molar-refractivity contribution in [2.75, 3.05) is 0 Å². The Balaban J connectivity index is 1.62. The van der Waals surface area contributed by atoms with E-state index in [9.17, 15) is 4.79 Å². The van der Waals surface area contributed by atoms with Crippen molar-refractivity contribution in [1.82, 2.24) is 5.32 Å². The van der Waals surface area contributed by atoms with E-state index in [0.29, 0.717) is 5.84 Å². The van der Waals surface area contributed by atoms with Gasteiger partial charge in [0, 0.05) is 11.1 Å². The highest BCUT2D eigenvalue weighted by Gasteiger charge is 2.22. The van der Waals surface area contributed by atoms with Crippen molar-refractivity contribution in [3.05, 3.63) is 144 Å². The quantitative estimate of drug-likeness (QED) is 0.234. The van der Waals surface area contributed by atoms with Crippen LogP contribution >= 0.6 is 0 Å². The van der Waals surface area contributed by atoms with Gasteiger partial charge in [-0.15, -0.1) is 10.2 Å². The number of benzene rings is 4. The minimum Gasteiger partial charge on any atom is -0.312 e. The van der Waals surface area contributed by atoms with Crippen molar-refractivity contribution in [1.29, 1.82) is 0 Å². The molecule has 0 aliphatic rings. The van der Waals surface area contributed by atoms with E-state index >= 15 is 0 Å². The fourth-order valence-corrected chi connectivity index (χ4v) is 3.66. The second-order valence-electron chi connectivity index (χ2n) is 7.61. The van der Waals surface area contributed by atoms with Crippen LogP contribution in [0.4, 0.5) is 0 Å². The number of rotatable bonds is 6. The van der Waals surface area contributed by atoms with Gasteiger partial charge < -0.3 is 5.32 Å². The first-order valence-electron chi connectivity index (χ1n) is 10.9. The molecule has 0 aromatic heterocycles. The SMILES string of the molecule is C/C(=N\N=C(c1ccccc1)c1ccccc1)NC(=O)C(c1ccccc1)c1ccccc1. The molecule has 1 N–H and O–H groups in total. The van der Waals surface area contributed by atoms with Gasteiger partial charge in [-0.3, -0.25) is 4.79 Å². The average Bonchev–Trinajstić information content (AvgIpc) is 2.87. The van der Waals surface area contributed by atoms with Gasteiger partial charge in [-0.2, -0.15) is 0 Å². The Hall–Kier alpha value is -4.31. The van der Waals surface area contributed by atoms with Crippen LogP contribution in [0, 0.1) is 0 Å². The van der Waals surface area contributed by atoms with Crippen LogP contribution in [0.5, 0.6) is 0 Å². The van der Waals surface area contributed by atoms with E-state index in [1.807, 2.05) is 121 Å². The van der Waals surface area contributed by atoms with Crippen LogP contribution in [0.25, 0.3) is 0 Å². The third kappa shape index (κ3) is 5.69. The molecule has 4 rings (SSSR count). The molecule has 0 heterocycles. The van der Waals surface area contributed by atoms with Gasteiger partial charge in [-0.25, -0.2) is 0 Å². The molecule has 0 fully saturated rings. The molecule has 4 heteroatoms. The Bertz CT molecular complexity index is 1150. The van der Waals surface area contributed by atoms with Gasteiger partial charge in [0.05, 0.1) is 5.92 Å². The summed E-state index contributed by atoms with van der Waals surface area (Å²) in [6, 6.07) is 39.3. The minimum atomic E-state index is -0.441. The zero-order valence-corrected chi connectivity index (χ0v) is 18.4. The molecule has 4 nitrogen and oxygen atoms in total. The summed E-state index contributed by atoms with van der Waals surface area (Å²) >= 11 is 0. The molecular formula is C29H25N3O. The topological polar surface area (TPSA) is 53.8 Å². The van der Waals surface area contributed by atoms with Crippen LogP contribution in [0.15, 0.2) is 132 Å². The number of amides is 1. The molecule has 0 spiro atoms. The van der Waals surface area contributed by atoms with Crippen LogP contribution < -0.4 is 5.32 Å². The summed E-state index contributed by atoms with van der Waals surface area (Å²) in [6.45, 7) is 1.75. The lowest BCUT2D eigenvalue weighted by molar-refractivity contribution is -0.120. The maximum absolute atomic E-state index is 13.3. The molecule has 4 aromatic rings. The van der Waals surface area contributed by atoms with Gasteiger partial charge in [0.15, 0.2) is 0 Å². The molecule has 0 saturated carbocycles. The number of nitrogens with one attached hydrogen (secondary N) is 1. The van der Waals surface area contributed by atoms with Crippen molar-refractivity contribution < 1.29 is 4.79 Å². The first-order chi connectivity index (χ1) is 16.2. The lowest BCUT2D eigenvalue weighted by Crippen LogP contribution is -2.33. The summed E-state index contributed by atoms with van der Waals surface area (Å²) in [5.74, 6) is -0.157. The van der Waals surface area contributed by atoms with Crippen LogP contribution in [-0.4, -0.2) is 17.5 Å². The van der Waals surface area contributed by atoms with Crippen LogP contribution in [-0.2, 0) is 4.79 Å². The van der Waals surface area contributed by atoms with Crippen LogP contribution in [0.1, 0.15) is 35.1 Å². The van der Waals surface area contributed by atoms with Crippen LogP contribution in [0.3, 0.4) is 0 Å². The monoisotopic (exact) mass is 431 g/mol. The Kier molecular flexibility index (Phi) is 7.18. The van der Waals surface area contributed by atoms with Gasteiger partial charge in [-0.1, -0.05) is 121 Å². The van der Waals surface area contributed by atoms with Gasteiger partial charge in [0.25, 0.3) is 0 Å². The molecule has 0 radical (unpaired) electrons. The second kappa shape index (κ2) is 10.8. The summed E-state index contributed by atoms with van der Waals surface area (Å²) < 4.78 is 0. The lowest BCUT2D eigenvalue weighted by Gasteiger charge is -2.17. The predicted molar refractivity (Wildman–Crippen MR) is 135 cm³/mol. The van der Waals surface area contributed by atoms with E-state index in [2.05, 4.69) is 15.5 Å². The number of amidine groups is 1. The van der Waals surface area contributed by atoms with Crippen molar-refractivity contribution in [3.63, 3.8) is 0 Å². The average molecular weight is 432 g/mol. The van der Waals surface area contributed by atoms with E-state index in [1.165, 1.54) is 0 Å². The van der Waals surface area contributed by atoms with Gasteiger partial charge >= 0.3 is 0 Å². The summed E-state index contributed by atoms with van der Waals surface area (Å²) in [6.07, 6.45) is 0. The lowest BCUT2D eigenvalue weighted by atomic mass is 9.90. The Morgan fingerprint density at radius 2 is 1.00 bits per heavy atom. The maximum Gasteiger partial charge on any atom is 0.237 e. The number of carbonyl (C=O) groups is 1. The molecule has 0 bridgehead atoms. The second-order valence-corrected chi connectivity index (χ2v) is 7.61. The highest BCUT2D eigenvalue weighted by Crippen LogP contribution is 2.24. The van der Waals surface area contributed by atoms with E-state index in [4.69, 9.17) is 0 Å². The van der Waals surface area contributed by atoms with E-state index in [-0.39, 0.29) is 5.91 Å². The Labute approximate surface area is 194 Å². The summed E-state index contributed by atoms with van der Waals surface area (Å²) in [4.78, 5) is 13.3. The first-order valence-corrected chi connectivity index (χ1v) is 10.9. The molecule has 162 valence electrons. The smallest absolute Gasteiger partial charge is 0.237 e. The molecule has 0 aliphatic carbocycles. The zero-order valence-electron chi connectivity index (χ0n) is 18.4. The largest absolute Gasteiger partial charge is 0.312 e. The summed E-state index contributed by atoms with van der Waals surface area (Å²) in [5, 5.41) is 11.8. The van der Waals surface area contributed by atoms with Crippen LogP contribution in [0.2, 0.25) is 0 Å². The molecule has 0 unspecified atom stereocenters. The van der Waals surface area contributed by atoms with Gasteiger partial charge in [0.2, 0.25) is 5.91 Å². The maximum atomic E-state index is 13.3. The fraction of sp³-hybridized carbons (Fsp3) is 0.0690. The molecule has 33 heavy (non-hydrogen) atoms. The standard InChI is InChI=1S/C29H25N3O/c1-22(31-32-28(25-18-10-4-11-19-25)26-20-12-5-13-21-26)30-29(33)27(23-14-6-2-7-15-23)24-16-8-3-9-17-24/h2-21,27H,1H3,(H,30,31,33). The van der Waals surface area contributed by atoms with Crippen molar-refractivity contribution in [3.8, 4) is 0 Å². The van der Waals surface area contributed by atoms with E-state index < -0.39 is 5.92 Å². The van der Waals surface area contributed by atoms with Gasteiger partial charge in [0.1, 0.15) is 11.5 Å². The number of hydrogen-bond acceptors (Lipinski definition) is 3. The van der Waals surface area contributed by atoms with E-state index in [0.717, 1.165) is 28.0 Å². The first kappa shape index (κ1) is 21.9. The highest BCUT2D eigenvalue weighted by atomic mass is 16.2. The van der Waals surface area contributed by atoms with Crippen molar-refractivity contribution >= 4 is 17.5 Å². The Morgan fingerprint density at radius 3 is 1.42 bits per heavy atom. The molecule has 0 aliphatic heterocycles. The van der Waals surface area contributed by atoms with Gasteiger partial charge in [-0.05, 0) is 18.1 Å². The predicted octanol–water partition coefficient (Wildman–Crippen LogP) is 5.81. The number of hydrogen-bond donors (Lipinski definition) is 1. The summed E-state index contributed by atoms with van der Waals surface area (Å²) in [7, 11) is 0. The third-order valence-corrected chi connectivity index (χ3v) is 5.23. The normalized spacial score (nSPS) is 11.2. The molecular weight excluding hydrogens is 406 g/mol. The highest BCUT2D eigenvalue weighted by molar-refractivity contribution is 6.13. The number of nitrogens with zero attached hydrogens (tertiary/aromatic N) is 2.